The first kappa shape index (κ1) is 17.4. The second kappa shape index (κ2) is 6.47. The van der Waals surface area contributed by atoms with Crippen LogP contribution in [-0.2, 0) is 4.79 Å². The fourth-order valence-corrected chi connectivity index (χ4v) is 3.26. The number of amides is 1. The molecule has 0 atom stereocenters. The molecule has 0 spiro atoms. The normalized spacial score (nSPS) is 14.1. The van der Waals surface area contributed by atoms with Crippen molar-refractivity contribution in [3.8, 4) is 0 Å². The third-order valence-electron chi connectivity index (χ3n) is 4.68. The number of aliphatic carboxylic acids is 1. The van der Waals surface area contributed by atoms with E-state index in [9.17, 15) is 14.7 Å². The van der Waals surface area contributed by atoms with E-state index in [2.05, 4.69) is 6.07 Å². The fourth-order valence-electron chi connectivity index (χ4n) is 3.26. The number of aromatic nitrogens is 1. The molecule has 25 heavy (non-hydrogen) atoms. The predicted molar refractivity (Wildman–Crippen MR) is 97.0 cm³/mol. The maximum atomic E-state index is 13.2. The summed E-state index contributed by atoms with van der Waals surface area (Å²) in [5.74, 6) is -0.824. The maximum absolute atomic E-state index is 13.2. The van der Waals surface area contributed by atoms with E-state index in [1.54, 1.807) is 0 Å². The van der Waals surface area contributed by atoms with Crippen LogP contribution in [-0.4, -0.2) is 39.5 Å². The van der Waals surface area contributed by atoms with Crippen molar-refractivity contribution < 1.29 is 14.7 Å². The Morgan fingerprint density at radius 2 is 1.92 bits per heavy atom. The molecular formula is C20H24N2O3. The van der Waals surface area contributed by atoms with E-state index >= 15 is 0 Å². The highest BCUT2D eigenvalue weighted by atomic mass is 16.4. The molecule has 132 valence electrons. The van der Waals surface area contributed by atoms with Crippen LogP contribution in [0.5, 0.6) is 0 Å². The number of rotatable bonds is 5. The minimum atomic E-state index is -1.00. The average molecular weight is 340 g/mol. The third-order valence-corrected chi connectivity index (χ3v) is 4.68. The summed E-state index contributed by atoms with van der Waals surface area (Å²) in [6, 6.07) is 5.72. The van der Waals surface area contributed by atoms with E-state index in [0.717, 1.165) is 40.6 Å². The van der Waals surface area contributed by atoms with Gasteiger partial charge in [0, 0.05) is 23.0 Å². The Hall–Kier alpha value is -2.43. The molecule has 1 saturated carbocycles. The van der Waals surface area contributed by atoms with Crippen molar-refractivity contribution in [2.45, 2.75) is 52.5 Å². The fraction of sp³-hybridized carbons (Fsp3) is 0.450. The van der Waals surface area contributed by atoms with Crippen LogP contribution in [0.3, 0.4) is 0 Å². The van der Waals surface area contributed by atoms with Crippen LogP contribution < -0.4 is 0 Å². The summed E-state index contributed by atoms with van der Waals surface area (Å²) in [7, 11) is 0. The standard InChI is InChI=1S/C20H24N2O3/c1-11(2)22(10-18(23)24)20(25)16-9-17(14-5-6-14)21-19-13(4)7-12(3)8-15(16)19/h7-9,11,14H,5-6,10H2,1-4H3,(H,23,24). The molecule has 0 aliphatic heterocycles. The molecule has 0 radical (unpaired) electrons. The highest BCUT2D eigenvalue weighted by Crippen LogP contribution is 2.40. The molecule has 5 heteroatoms. The molecule has 0 bridgehead atoms. The number of carboxylic acid groups (broad SMARTS) is 1. The molecule has 1 aromatic heterocycles. The van der Waals surface area contributed by atoms with Gasteiger partial charge in [-0.15, -0.1) is 0 Å². The van der Waals surface area contributed by atoms with Crippen molar-refractivity contribution in [2.75, 3.05) is 6.54 Å². The van der Waals surface area contributed by atoms with Gasteiger partial charge >= 0.3 is 5.97 Å². The second-order valence-electron chi connectivity index (χ2n) is 7.27. The van der Waals surface area contributed by atoms with Gasteiger partial charge < -0.3 is 10.0 Å². The van der Waals surface area contributed by atoms with E-state index in [0.29, 0.717) is 11.5 Å². The molecule has 0 saturated heterocycles. The maximum Gasteiger partial charge on any atom is 0.323 e. The van der Waals surface area contributed by atoms with E-state index < -0.39 is 5.97 Å². The van der Waals surface area contributed by atoms with Crippen LogP contribution in [0.15, 0.2) is 18.2 Å². The van der Waals surface area contributed by atoms with Crippen LogP contribution in [0.25, 0.3) is 10.9 Å². The number of carbonyl (C=O) groups is 2. The number of hydrogen-bond acceptors (Lipinski definition) is 3. The van der Waals surface area contributed by atoms with Crippen molar-refractivity contribution in [1.82, 2.24) is 9.88 Å². The van der Waals surface area contributed by atoms with Crippen molar-refractivity contribution in [3.63, 3.8) is 0 Å². The minimum Gasteiger partial charge on any atom is -0.480 e. The Kier molecular flexibility index (Phi) is 4.50. The Morgan fingerprint density at radius 1 is 1.24 bits per heavy atom. The first-order valence-electron chi connectivity index (χ1n) is 8.72. The number of benzene rings is 1. The smallest absolute Gasteiger partial charge is 0.323 e. The second-order valence-corrected chi connectivity index (χ2v) is 7.27. The molecule has 1 amide bonds. The number of hydrogen-bond donors (Lipinski definition) is 1. The van der Waals surface area contributed by atoms with Gasteiger partial charge in [-0.25, -0.2) is 0 Å². The predicted octanol–water partition coefficient (Wildman–Crippen LogP) is 3.66. The SMILES string of the molecule is Cc1cc(C)c2nc(C3CC3)cc(C(=O)N(CC(=O)O)C(C)C)c2c1. The van der Waals surface area contributed by atoms with Crippen molar-refractivity contribution in [1.29, 1.82) is 0 Å². The highest BCUT2D eigenvalue weighted by molar-refractivity contribution is 6.07. The summed E-state index contributed by atoms with van der Waals surface area (Å²) >= 11 is 0. The van der Waals surface area contributed by atoms with Gasteiger partial charge in [-0.2, -0.15) is 0 Å². The summed E-state index contributed by atoms with van der Waals surface area (Å²) < 4.78 is 0. The average Bonchev–Trinajstić information content (AvgIpc) is 3.35. The number of pyridine rings is 1. The van der Waals surface area contributed by atoms with E-state index in [4.69, 9.17) is 4.98 Å². The summed E-state index contributed by atoms with van der Waals surface area (Å²) in [6.07, 6.45) is 2.19. The lowest BCUT2D eigenvalue weighted by Gasteiger charge is -2.26. The first-order chi connectivity index (χ1) is 11.8. The molecule has 0 unspecified atom stereocenters. The number of aryl methyl sites for hydroxylation is 2. The van der Waals surface area contributed by atoms with Gasteiger partial charge in [-0.1, -0.05) is 11.6 Å². The Morgan fingerprint density at radius 3 is 2.48 bits per heavy atom. The minimum absolute atomic E-state index is 0.193. The van der Waals surface area contributed by atoms with Gasteiger partial charge in [0.2, 0.25) is 0 Å². The molecule has 1 fully saturated rings. The molecule has 3 rings (SSSR count). The summed E-state index contributed by atoms with van der Waals surface area (Å²) in [4.78, 5) is 30.6. The molecule has 1 aromatic carbocycles. The van der Waals surface area contributed by atoms with Gasteiger partial charge in [0.25, 0.3) is 5.91 Å². The van der Waals surface area contributed by atoms with Crippen molar-refractivity contribution in [2.24, 2.45) is 0 Å². The number of fused-ring (bicyclic) bond motifs is 1. The number of nitrogens with zero attached hydrogens (tertiary/aromatic N) is 2. The van der Waals surface area contributed by atoms with Crippen LogP contribution in [0.2, 0.25) is 0 Å². The third kappa shape index (κ3) is 3.50. The largest absolute Gasteiger partial charge is 0.480 e. The highest BCUT2D eigenvalue weighted by Gasteiger charge is 2.29. The monoisotopic (exact) mass is 340 g/mol. The summed E-state index contributed by atoms with van der Waals surface area (Å²) in [5.41, 5.74) is 4.46. The zero-order chi connectivity index (χ0) is 18.3. The van der Waals surface area contributed by atoms with E-state index in [-0.39, 0.29) is 18.5 Å². The summed E-state index contributed by atoms with van der Waals surface area (Å²) in [6.45, 7) is 7.37. The van der Waals surface area contributed by atoms with Crippen LogP contribution in [0, 0.1) is 13.8 Å². The molecule has 1 N–H and O–H groups in total. The van der Waals surface area contributed by atoms with Crippen molar-refractivity contribution in [3.05, 3.63) is 40.6 Å². The molecule has 2 aromatic rings. The zero-order valence-corrected chi connectivity index (χ0v) is 15.2. The quantitative estimate of drug-likeness (QED) is 0.901. The van der Waals surface area contributed by atoms with Crippen LogP contribution >= 0.6 is 0 Å². The topological polar surface area (TPSA) is 70.5 Å². The Bertz CT molecular complexity index is 854. The van der Waals surface area contributed by atoms with Gasteiger partial charge in [0.15, 0.2) is 0 Å². The molecule has 1 aliphatic rings. The van der Waals surface area contributed by atoms with E-state index in [1.165, 1.54) is 4.90 Å². The summed E-state index contributed by atoms with van der Waals surface area (Å²) in [5, 5.41) is 9.98. The first-order valence-corrected chi connectivity index (χ1v) is 8.72. The molecule has 1 aliphatic carbocycles. The van der Waals surface area contributed by atoms with Gasteiger partial charge in [-0.05, 0) is 58.2 Å². The van der Waals surface area contributed by atoms with E-state index in [1.807, 2.05) is 39.8 Å². The van der Waals surface area contributed by atoms with Gasteiger partial charge in [0.1, 0.15) is 6.54 Å². The lowest BCUT2D eigenvalue weighted by molar-refractivity contribution is -0.138. The Balaban J connectivity index is 2.18. The lowest BCUT2D eigenvalue weighted by atomic mass is 9.99. The lowest BCUT2D eigenvalue weighted by Crippen LogP contribution is -2.40. The molecule has 5 nitrogen and oxygen atoms in total. The molecule has 1 heterocycles. The number of carbonyl (C=O) groups excluding carboxylic acids is 1. The number of carboxylic acids is 1. The van der Waals surface area contributed by atoms with Gasteiger partial charge in [0.05, 0.1) is 11.1 Å². The van der Waals surface area contributed by atoms with Crippen molar-refractivity contribution >= 4 is 22.8 Å². The van der Waals surface area contributed by atoms with Crippen LogP contribution in [0.4, 0.5) is 0 Å². The van der Waals surface area contributed by atoms with Gasteiger partial charge in [-0.3, -0.25) is 14.6 Å². The molecular weight excluding hydrogens is 316 g/mol. The zero-order valence-electron chi connectivity index (χ0n) is 15.2. The van der Waals surface area contributed by atoms with Crippen LogP contribution in [0.1, 0.15) is 59.8 Å². The Labute approximate surface area is 147 Å².